The molecule has 128 valence electrons. The van der Waals surface area contributed by atoms with Gasteiger partial charge in [0.2, 0.25) is 0 Å². The molecule has 3 aliphatic rings. The molecule has 1 aliphatic carbocycles. The Morgan fingerprint density at radius 1 is 1.25 bits per heavy atom. The topological polar surface area (TPSA) is 42.6 Å². The fourth-order valence-corrected chi connectivity index (χ4v) is 3.53. The summed E-state index contributed by atoms with van der Waals surface area (Å²) in [6.07, 6.45) is 7.21. The van der Waals surface area contributed by atoms with Crippen molar-refractivity contribution >= 4 is 0 Å². The highest BCUT2D eigenvalue weighted by atomic mass is 15.6. The molecular weight excluding hydrogens is 298 g/mol. The monoisotopic (exact) mass is 325 g/mol. The van der Waals surface area contributed by atoms with Crippen LogP contribution in [0.1, 0.15) is 30.4 Å². The Balaban J connectivity index is 1.35. The summed E-state index contributed by atoms with van der Waals surface area (Å²) >= 11 is 0. The predicted molar refractivity (Wildman–Crippen MR) is 96.4 cm³/mol. The maximum absolute atomic E-state index is 4.25. The highest BCUT2D eigenvalue weighted by Gasteiger charge is 2.27. The van der Waals surface area contributed by atoms with Crippen molar-refractivity contribution in [3.63, 3.8) is 0 Å². The molecule has 0 aromatic heterocycles. The van der Waals surface area contributed by atoms with Gasteiger partial charge in [-0.3, -0.25) is 5.01 Å². The van der Waals surface area contributed by atoms with Gasteiger partial charge in [-0.05, 0) is 42.9 Å². The molecule has 5 nitrogen and oxygen atoms in total. The van der Waals surface area contributed by atoms with E-state index < -0.39 is 0 Å². The van der Waals surface area contributed by atoms with E-state index in [0.717, 1.165) is 31.0 Å². The molecule has 4 rings (SSSR count). The van der Waals surface area contributed by atoms with Crippen LogP contribution in [-0.2, 0) is 13.0 Å². The second kappa shape index (κ2) is 6.49. The van der Waals surface area contributed by atoms with Gasteiger partial charge in [0.15, 0.2) is 0 Å². The molecule has 5 heteroatoms. The van der Waals surface area contributed by atoms with Crippen LogP contribution in [0.25, 0.3) is 0 Å². The zero-order valence-corrected chi connectivity index (χ0v) is 14.4. The van der Waals surface area contributed by atoms with Gasteiger partial charge in [0.05, 0.1) is 6.04 Å². The summed E-state index contributed by atoms with van der Waals surface area (Å²) in [6.45, 7) is 6.19. The third-order valence-corrected chi connectivity index (χ3v) is 5.28. The van der Waals surface area contributed by atoms with Crippen molar-refractivity contribution in [1.82, 2.24) is 26.2 Å². The smallest absolute Gasteiger partial charge is 0.114 e. The lowest BCUT2D eigenvalue weighted by Crippen LogP contribution is -2.47. The Hall–Kier alpha value is -1.98. The van der Waals surface area contributed by atoms with Crippen LogP contribution < -0.4 is 16.2 Å². The lowest BCUT2D eigenvalue weighted by atomic mass is 9.93. The van der Waals surface area contributed by atoms with E-state index >= 15 is 0 Å². The number of rotatable bonds is 5. The molecule has 0 saturated heterocycles. The number of nitrogens with one attached hydrogen (secondary N) is 3. The molecule has 2 heterocycles. The molecule has 1 atom stereocenters. The van der Waals surface area contributed by atoms with Gasteiger partial charge >= 0.3 is 0 Å². The Bertz CT molecular complexity index is 649. The normalized spacial score (nSPS) is 24.1. The van der Waals surface area contributed by atoms with Crippen LogP contribution in [0.15, 0.2) is 48.4 Å². The first-order valence-corrected chi connectivity index (χ1v) is 8.94. The number of hydrogen-bond acceptors (Lipinski definition) is 5. The number of hydrogen-bond donors (Lipinski definition) is 3. The van der Waals surface area contributed by atoms with Gasteiger partial charge in [-0.2, -0.15) is 0 Å². The minimum atomic E-state index is 0.120. The van der Waals surface area contributed by atoms with Gasteiger partial charge in [0.1, 0.15) is 5.82 Å². The van der Waals surface area contributed by atoms with Crippen molar-refractivity contribution in [3.05, 3.63) is 59.6 Å². The highest BCUT2D eigenvalue weighted by molar-refractivity contribution is 5.29. The molecule has 1 fully saturated rings. The summed E-state index contributed by atoms with van der Waals surface area (Å²) < 4.78 is 0. The average molecular weight is 325 g/mol. The molecule has 0 spiro atoms. The largest absolute Gasteiger partial charge is 0.368 e. The minimum Gasteiger partial charge on any atom is -0.368 e. The zero-order chi connectivity index (χ0) is 16.5. The van der Waals surface area contributed by atoms with E-state index in [1.165, 1.54) is 30.4 Å². The summed E-state index contributed by atoms with van der Waals surface area (Å²) in [5.41, 5.74) is 10.8. The van der Waals surface area contributed by atoms with Crippen LogP contribution in [0, 0.1) is 0 Å². The van der Waals surface area contributed by atoms with Crippen molar-refractivity contribution in [1.29, 1.82) is 0 Å². The second-order valence-corrected chi connectivity index (χ2v) is 7.07. The Labute approximate surface area is 144 Å². The first kappa shape index (κ1) is 15.5. The molecule has 0 bridgehead atoms. The van der Waals surface area contributed by atoms with E-state index in [-0.39, 0.29) is 6.04 Å². The van der Waals surface area contributed by atoms with Crippen LogP contribution >= 0.6 is 0 Å². The van der Waals surface area contributed by atoms with E-state index in [4.69, 9.17) is 0 Å². The average Bonchev–Trinajstić information content (AvgIpc) is 2.92. The molecule has 0 radical (unpaired) electrons. The van der Waals surface area contributed by atoms with Crippen molar-refractivity contribution in [2.75, 3.05) is 13.6 Å². The third-order valence-electron chi connectivity index (χ3n) is 5.28. The molecule has 24 heavy (non-hydrogen) atoms. The van der Waals surface area contributed by atoms with E-state index in [9.17, 15) is 0 Å². The van der Waals surface area contributed by atoms with Gasteiger partial charge in [-0.1, -0.05) is 30.8 Å². The summed E-state index contributed by atoms with van der Waals surface area (Å²) in [5.74, 6) is 1.16. The standard InChI is InChI=1S/C19H27N5/c1-14(18-12-19(23(2)22-18)20-17-8-5-9-17)21-24-11-10-15-6-3-4-7-16(15)13-24/h3-4,6-7,12,17-18,20-22H,1,5,8-11,13H2,2H3. The quantitative estimate of drug-likeness (QED) is 0.771. The zero-order valence-electron chi connectivity index (χ0n) is 14.4. The lowest BCUT2D eigenvalue weighted by molar-refractivity contribution is 0.182. The maximum Gasteiger partial charge on any atom is 0.114 e. The Morgan fingerprint density at radius 2 is 2.04 bits per heavy atom. The SMILES string of the molecule is C=C(NN1CCc2ccccc2C1)C1C=C(NC2CCC2)N(C)N1. The highest BCUT2D eigenvalue weighted by Crippen LogP contribution is 2.22. The lowest BCUT2D eigenvalue weighted by Gasteiger charge is -2.32. The molecule has 1 saturated carbocycles. The van der Waals surface area contributed by atoms with Gasteiger partial charge in [0, 0.05) is 31.9 Å². The summed E-state index contributed by atoms with van der Waals surface area (Å²) in [7, 11) is 2.06. The summed E-state index contributed by atoms with van der Waals surface area (Å²) in [5, 5.41) is 7.94. The van der Waals surface area contributed by atoms with Crippen LogP contribution in [0.3, 0.4) is 0 Å². The fraction of sp³-hybridized carbons (Fsp3) is 0.474. The van der Waals surface area contributed by atoms with E-state index in [1.54, 1.807) is 0 Å². The first-order chi connectivity index (χ1) is 11.7. The number of nitrogens with zero attached hydrogens (tertiary/aromatic N) is 2. The van der Waals surface area contributed by atoms with Crippen molar-refractivity contribution < 1.29 is 0 Å². The van der Waals surface area contributed by atoms with Gasteiger partial charge in [0.25, 0.3) is 0 Å². The van der Waals surface area contributed by atoms with Crippen molar-refractivity contribution in [2.24, 2.45) is 0 Å². The maximum atomic E-state index is 4.25. The van der Waals surface area contributed by atoms with Crippen molar-refractivity contribution in [3.8, 4) is 0 Å². The van der Waals surface area contributed by atoms with Crippen LogP contribution in [0.2, 0.25) is 0 Å². The van der Waals surface area contributed by atoms with Gasteiger partial charge in [-0.15, -0.1) is 0 Å². The Kier molecular flexibility index (Phi) is 4.21. The predicted octanol–water partition coefficient (Wildman–Crippen LogP) is 1.87. The number of benzene rings is 1. The van der Waals surface area contributed by atoms with Gasteiger partial charge < -0.3 is 10.7 Å². The summed E-state index contributed by atoms with van der Waals surface area (Å²) in [4.78, 5) is 0. The summed E-state index contributed by atoms with van der Waals surface area (Å²) in [6, 6.07) is 9.45. The number of fused-ring (bicyclic) bond motifs is 1. The molecule has 1 aromatic rings. The van der Waals surface area contributed by atoms with Crippen LogP contribution in [0.4, 0.5) is 0 Å². The van der Waals surface area contributed by atoms with E-state index in [2.05, 4.69) is 70.2 Å². The van der Waals surface area contributed by atoms with Crippen LogP contribution in [0.5, 0.6) is 0 Å². The molecular formula is C19H27N5. The molecule has 1 unspecified atom stereocenters. The molecule has 0 amide bonds. The first-order valence-electron chi connectivity index (χ1n) is 8.94. The van der Waals surface area contributed by atoms with Gasteiger partial charge in [-0.25, -0.2) is 10.4 Å². The minimum absolute atomic E-state index is 0.120. The third kappa shape index (κ3) is 3.14. The molecule has 3 N–H and O–H groups in total. The van der Waals surface area contributed by atoms with Crippen molar-refractivity contribution in [2.45, 2.75) is 44.3 Å². The number of hydrazine groups is 2. The molecule has 2 aliphatic heterocycles. The fourth-order valence-electron chi connectivity index (χ4n) is 3.53. The van der Waals surface area contributed by atoms with Crippen LogP contribution in [-0.4, -0.2) is 35.7 Å². The second-order valence-electron chi connectivity index (χ2n) is 7.07. The molecule has 1 aromatic carbocycles. The van der Waals surface area contributed by atoms with E-state index in [1.807, 2.05) is 0 Å². The Morgan fingerprint density at radius 3 is 2.79 bits per heavy atom. The van der Waals surface area contributed by atoms with E-state index in [0.29, 0.717) is 6.04 Å².